The van der Waals surface area contributed by atoms with E-state index in [1.54, 1.807) is 13.1 Å². The highest BCUT2D eigenvalue weighted by molar-refractivity contribution is 5.97. The number of fused-ring (bicyclic) bond motifs is 5. The number of hydrogen-bond donors (Lipinski definition) is 0. The first-order valence-corrected chi connectivity index (χ1v) is 10.8. The van der Waals surface area contributed by atoms with Crippen LogP contribution in [0.25, 0.3) is 22.3 Å². The van der Waals surface area contributed by atoms with Crippen LogP contribution in [-0.4, -0.2) is 33.5 Å². The SMILES string of the molecule is CCCOc1cccc2c3n(nc12)CC(C(C)(C)C)n1cc(C(=O)OCC)c(=O)cc1-3. The van der Waals surface area contributed by atoms with Crippen LogP contribution in [0.2, 0.25) is 0 Å². The summed E-state index contributed by atoms with van der Waals surface area (Å²) in [5.74, 6) is 0.153. The highest BCUT2D eigenvalue weighted by Gasteiger charge is 2.35. The van der Waals surface area contributed by atoms with Crippen molar-refractivity contribution in [2.24, 2.45) is 5.41 Å². The Balaban J connectivity index is 1.97. The fourth-order valence-corrected chi connectivity index (χ4v) is 4.16. The van der Waals surface area contributed by atoms with Crippen LogP contribution < -0.4 is 10.2 Å². The van der Waals surface area contributed by atoms with E-state index in [1.807, 2.05) is 27.4 Å². The molecule has 0 spiro atoms. The highest BCUT2D eigenvalue weighted by atomic mass is 16.5. The van der Waals surface area contributed by atoms with Gasteiger partial charge >= 0.3 is 5.97 Å². The zero-order chi connectivity index (χ0) is 22.3. The van der Waals surface area contributed by atoms with Crippen LogP contribution in [0, 0.1) is 5.41 Å². The van der Waals surface area contributed by atoms with E-state index in [9.17, 15) is 9.59 Å². The minimum atomic E-state index is -0.588. The maximum atomic E-state index is 12.9. The summed E-state index contributed by atoms with van der Waals surface area (Å²) in [4.78, 5) is 25.3. The summed E-state index contributed by atoms with van der Waals surface area (Å²) in [5.41, 5.74) is 1.98. The largest absolute Gasteiger partial charge is 0.491 e. The standard InChI is InChI=1S/C24H29N3O4/c1-6-11-31-19-10-8-9-15-21(19)25-27-14-20(24(3,4)5)26-13-16(23(29)30-7-2)18(28)12-17(26)22(15)27/h8-10,12-13,20H,6-7,11,14H2,1-5H3. The van der Waals surface area contributed by atoms with Crippen molar-refractivity contribution in [1.82, 2.24) is 14.3 Å². The van der Waals surface area contributed by atoms with Gasteiger partial charge in [-0.15, -0.1) is 0 Å². The van der Waals surface area contributed by atoms with Crippen LogP contribution in [0.3, 0.4) is 0 Å². The van der Waals surface area contributed by atoms with Crippen molar-refractivity contribution in [3.05, 3.63) is 46.2 Å². The second-order valence-electron chi connectivity index (χ2n) is 8.98. The zero-order valence-electron chi connectivity index (χ0n) is 18.8. The number of nitrogens with zero attached hydrogens (tertiary/aromatic N) is 3. The predicted octanol–water partition coefficient (Wildman–Crippen LogP) is 4.43. The molecule has 164 valence electrons. The summed E-state index contributed by atoms with van der Waals surface area (Å²) in [7, 11) is 0. The third kappa shape index (κ3) is 3.62. The summed E-state index contributed by atoms with van der Waals surface area (Å²) in [6.07, 6.45) is 2.57. The second-order valence-corrected chi connectivity index (χ2v) is 8.98. The van der Waals surface area contributed by atoms with Gasteiger partial charge in [0, 0.05) is 17.6 Å². The lowest BCUT2D eigenvalue weighted by Crippen LogP contribution is -2.35. The number of benzene rings is 1. The maximum absolute atomic E-state index is 12.9. The Bertz CT molecular complexity index is 1200. The van der Waals surface area contributed by atoms with Crippen LogP contribution in [-0.2, 0) is 11.3 Å². The van der Waals surface area contributed by atoms with E-state index in [4.69, 9.17) is 14.6 Å². The Morgan fingerprint density at radius 2 is 2.03 bits per heavy atom. The fraction of sp³-hybridized carbons (Fsp3) is 0.458. The number of hydrogen-bond acceptors (Lipinski definition) is 5. The number of aromatic nitrogens is 3. The van der Waals surface area contributed by atoms with Gasteiger partial charge in [-0.05, 0) is 24.8 Å². The molecule has 0 saturated heterocycles. The van der Waals surface area contributed by atoms with Gasteiger partial charge < -0.3 is 14.0 Å². The third-order valence-electron chi connectivity index (χ3n) is 5.69. The van der Waals surface area contributed by atoms with E-state index in [0.29, 0.717) is 13.2 Å². The van der Waals surface area contributed by atoms with E-state index >= 15 is 0 Å². The van der Waals surface area contributed by atoms with Gasteiger partial charge in [-0.25, -0.2) is 4.79 Å². The number of carbonyl (C=O) groups excluding carboxylic acids is 1. The topological polar surface area (TPSA) is 75.3 Å². The van der Waals surface area contributed by atoms with E-state index in [1.165, 1.54) is 6.07 Å². The first kappa shape index (κ1) is 21.2. The van der Waals surface area contributed by atoms with Crippen LogP contribution in [0.5, 0.6) is 5.75 Å². The molecule has 0 amide bonds. The van der Waals surface area contributed by atoms with Crippen LogP contribution in [0.1, 0.15) is 57.4 Å². The molecule has 1 atom stereocenters. The van der Waals surface area contributed by atoms with Crippen molar-refractivity contribution < 1.29 is 14.3 Å². The molecule has 1 aliphatic heterocycles. The molecule has 1 unspecified atom stereocenters. The molecule has 0 saturated carbocycles. The first-order chi connectivity index (χ1) is 14.8. The summed E-state index contributed by atoms with van der Waals surface area (Å²) in [6.45, 7) is 11.7. The third-order valence-corrected chi connectivity index (χ3v) is 5.69. The summed E-state index contributed by atoms with van der Waals surface area (Å²) >= 11 is 0. The maximum Gasteiger partial charge on any atom is 0.343 e. The molecule has 2 aromatic heterocycles. The van der Waals surface area contributed by atoms with Crippen molar-refractivity contribution in [2.45, 2.75) is 53.6 Å². The molecule has 1 aromatic carbocycles. The van der Waals surface area contributed by atoms with Crippen molar-refractivity contribution in [3.8, 4) is 17.1 Å². The average Bonchev–Trinajstić information content (AvgIpc) is 3.10. The zero-order valence-corrected chi connectivity index (χ0v) is 18.8. The predicted molar refractivity (Wildman–Crippen MR) is 120 cm³/mol. The molecule has 3 heterocycles. The van der Waals surface area contributed by atoms with Crippen molar-refractivity contribution in [1.29, 1.82) is 0 Å². The number of rotatable bonds is 5. The number of pyridine rings is 1. The van der Waals surface area contributed by atoms with Gasteiger partial charge in [0.1, 0.15) is 16.8 Å². The van der Waals surface area contributed by atoms with Gasteiger partial charge in [0.2, 0.25) is 0 Å². The van der Waals surface area contributed by atoms with E-state index in [-0.39, 0.29) is 29.1 Å². The van der Waals surface area contributed by atoms with E-state index in [2.05, 4.69) is 27.7 Å². The minimum Gasteiger partial charge on any atom is -0.491 e. The molecule has 4 rings (SSSR count). The molecule has 7 nitrogen and oxygen atoms in total. The molecule has 0 fully saturated rings. The minimum absolute atomic E-state index is 0.00176. The van der Waals surface area contributed by atoms with Gasteiger partial charge in [0.25, 0.3) is 0 Å². The smallest absolute Gasteiger partial charge is 0.343 e. The van der Waals surface area contributed by atoms with Crippen LogP contribution in [0.4, 0.5) is 0 Å². The lowest BCUT2D eigenvalue weighted by molar-refractivity contribution is 0.0522. The highest BCUT2D eigenvalue weighted by Crippen LogP contribution is 2.43. The van der Waals surface area contributed by atoms with Gasteiger partial charge in [0.05, 0.1) is 37.2 Å². The molecule has 0 N–H and O–H groups in total. The van der Waals surface area contributed by atoms with Crippen LogP contribution >= 0.6 is 0 Å². The molecule has 31 heavy (non-hydrogen) atoms. The van der Waals surface area contributed by atoms with Gasteiger partial charge in [-0.2, -0.15) is 5.10 Å². The Kier molecular flexibility index (Phi) is 5.37. The van der Waals surface area contributed by atoms with E-state index in [0.717, 1.165) is 34.5 Å². The first-order valence-electron chi connectivity index (χ1n) is 10.8. The Hall–Kier alpha value is -3.09. The van der Waals surface area contributed by atoms with Crippen molar-refractivity contribution in [3.63, 3.8) is 0 Å². The average molecular weight is 424 g/mol. The Morgan fingerprint density at radius 3 is 2.71 bits per heavy atom. The lowest BCUT2D eigenvalue weighted by Gasteiger charge is -2.38. The summed E-state index contributed by atoms with van der Waals surface area (Å²) in [5, 5.41) is 5.80. The van der Waals surface area contributed by atoms with E-state index < -0.39 is 5.97 Å². The fourth-order valence-electron chi connectivity index (χ4n) is 4.16. The molecular formula is C24H29N3O4. The molecule has 0 radical (unpaired) electrons. The van der Waals surface area contributed by atoms with Gasteiger partial charge in [-0.3, -0.25) is 9.48 Å². The number of esters is 1. The van der Waals surface area contributed by atoms with Crippen molar-refractivity contribution >= 4 is 16.9 Å². The van der Waals surface area contributed by atoms with Gasteiger partial charge in [-0.1, -0.05) is 39.8 Å². The normalized spacial score (nSPS) is 15.5. The summed E-state index contributed by atoms with van der Waals surface area (Å²) < 4.78 is 15.1. The molecular weight excluding hydrogens is 394 g/mol. The monoisotopic (exact) mass is 423 g/mol. The lowest BCUT2D eigenvalue weighted by atomic mass is 9.85. The summed E-state index contributed by atoms with van der Waals surface area (Å²) in [6, 6.07) is 7.41. The molecule has 1 aliphatic rings. The number of ether oxygens (including phenoxy) is 2. The second kappa shape index (κ2) is 7.87. The molecule has 3 aromatic rings. The van der Waals surface area contributed by atoms with Crippen molar-refractivity contribution in [2.75, 3.05) is 13.2 Å². The Morgan fingerprint density at radius 1 is 1.26 bits per heavy atom. The van der Waals surface area contributed by atoms with Gasteiger partial charge in [0.15, 0.2) is 5.43 Å². The quantitative estimate of drug-likeness (QED) is 0.568. The number of carbonyl (C=O) groups is 1. The molecule has 7 heteroatoms. The van der Waals surface area contributed by atoms with Crippen LogP contribution in [0.15, 0.2) is 35.3 Å². The molecule has 0 bridgehead atoms. The molecule has 0 aliphatic carbocycles. The Labute approximate surface area is 181 Å².